The summed E-state index contributed by atoms with van der Waals surface area (Å²) in [7, 11) is 0. The van der Waals surface area contributed by atoms with E-state index in [9.17, 15) is 13.6 Å². The number of anilines is 1. The van der Waals surface area contributed by atoms with E-state index in [4.69, 9.17) is 0 Å². The molecule has 2 aromatic heterocycles. The number of aromatic nitrogens is 3. The lowest BCUT2D eigenvalue weighted by Gasteiger charge is -2.12. The van der Waals surface area contributed by atoms with Crippen LogP contribution in [0.3, 0.4) is 0 Å². The summed E-state index contributed by atoms with van der Waals surface area (Å²) in [6.45, 7) is -1.20. The van der Waals surface area contributed by atoms with E-state index in [1.165, 1.54) is 16.6 Å². The van der Waals surface area contributed by atoms with Gasteiger partial charge in [0.25, 0.3) is 5.91 Å². The molecule has 0 unspecified atom stereocenters. The van der Waals surface area contributed by atoms with Gasteiger partial charge in [0.15, 0.2) is 11.3 Å². The Kier molecular flexibility index (Phi) is 3.88. The van der Waals surface area contributed by atoms with Crippen molar-refractivity contribution in [3.05, 3.63) is 54.0 Å². The van der Waals surface area contributed by atoms with Gasteiger partial charge in [-0.25, -0.2) is 9.50 Å². The molecule has 3 aromatic rings. The number of carbonyl (C=O) groups excluding carboxylic acids is 1. The lowest BCUT2D eigenvalue weighted by Crippen LogP contribution is -2.14. The maximum absolute atomic E-state index is 12.4. The van der Waals surface area contributed by atoms with Crippen molar-refractivity contribution in [1.82, 2.24) is 14.6 Å². The molecule has 3 rings (SSSR count). The van der Waals surface area contributed by atoms with Crippen molar-refractivity contribution in [3.63, 3.8) is 0 Å². The summed E-state index contributed by atoms with van der Waals surface area (Å²) in [5.41, 5.74) is 1.57. The number of nitrogens with one attached hydrogen (secondary N) is 1. The summed E-state index contributed by atoms with van der Waals surface area (Å²) in [6.07, 6.45) is 3.23. The van der Waals surface area contributed by atoms with Gasteiger partial charge in [-0.3, -0.25) is 4.79 Å². The fraction of sp³-hybridized carbons (Fsp3) is 0.133. The Bertz CT molecular complexity index is 831. The van der Waals surface area contributed by atoms with E-state index in [1.54, 1.807) is 37.5 Å². The highest BCUT2D eigenvalue weighted by Crippen LogP contribution is 2.27. The van der Waals surface area contributed by atoms with Crippen LogP contribution in [0.4, 0.5) is 14.5 Å². The summed E-state index contributed by atoms with van der Waals surface area (Å²) in [5.74, 6) is -0.652. The van der Waals surface area contributed by atoms with Gasteiger partial charge in [0.05, 0.1) is 5.69 Å². The summed E-state index contributed by atoms with van der Waals surface area (Å²) >= 11 is 0. The van der Waals surface area contributed by atoms with Gasteiger partial charge in [-0.15, -0.1) is 0 Å². The van der Waals surface area contributed by atoms with Gasteiger partial charge in [0, 0.05) is 18.5 Å². The van der Waals surface area contributed by atoms with Crippen LogP contribution in [0.5, 0.6) is 5.75 Å². The number of ether oxygens (including phenoxy) is 1. The van der Waals surface area contributed by atoms with Gasteiger partial charge < -0.3 is 10.1 Å². The van der Waals surface area contributed by atoms with Gasteiger partial charge >= 0.3 is 6.61 Å². The Morgan fingerprint density at radius 3 is 2.91 bits per heavy atom. The second kappa shape index (κ2) is 5.99. The molecule has 8 heteroatoms. The van der Waals surface area contributed by atoms with Crippen molar-refractivity contribution in [2.24, 2.45) is 0 Å². The van der Waals surface area contributed by atoms with Crippen LogP contribution in [0.1, 0.15) is 16.1 Å². The summed E-state index contributed by atoms with van der Waals surface area (Å²) in [5, 5.41) is 6.61. The monoisotopic (exact) mass is 318 g/mol. The predicted molar refractivity (Wildman–Crippen MR) is 78.8 cm³/mol. The topological polar surface area (TPSA) is 68.5 Å². The summed E-state index contributed by atoms with van der Waals surface area (Å²) < 4.78 is 30.7. The predicted octanol–water partition coefficient (Wildman–Crippen LogP) is 2.89. The number of rotatable bonds is 4. The van der Waals surface area contributed by atoms with Crippen molar-refractivity contribution in [2.45, 2.75) is 13.5 Å². The summed E-state index contributed by atoms with van der Waals surface area (Å²) in [4.78, 5) is 16.3. The molecule has 0 saturated carbocycles. The molecule has 0 atom stereocenters. The zero-order valence-corrected chi connectivity index (χ0v) is 12.0. The molecule has 0 aliphatic rings. The first-order valence-electron chi connectivity index (χ1n) is 6.70. The highest BCUT2D eigenvalue weighted by Gasteiger charge is 2.16. The Labute approximate surface area is 129 Å². The first-order chi connectivity index (χ1) is 11.0. The maximum Gasteiger partial charge on any atom is 0.387 e. The molecule has 0 spiro atoms. The lowest BCUT2D eigenvalue weighted by atomic mass is 10.2. The second-order valence-electron chi connectivity index (χ2n) is 4.78. The van der Waals surface area contributed by atoms with Crippen LogP contribution >= 0.6 is 0 Å². The van der Waals surface area contributed by atoms with E-state index in [-0.39, 0.29) is 17.1 Å². The number of carbonyl (C=O) groups is 1. The van der Waals surface area contributed by atoms with Crippen molar-refractivity contribution in [1.29, 1.82) is 0 Å². The molecule has 118 valence electrons. The van der Waals surface area contributed by atoms with Crippen LogP contribution in [0.25, 0.3) is 5.65 Å². The average molecular weight is 318 g/mol. The molecule has 2 heterocycles. The second-order valence-corrected chi connectivity index (χ2v) is 4.78. The van der Waals surface area contributed by atoms with Crippen LogP contribution in [0.2, 0.25) is 0 Å². The molecule has 0 bridgehead atoms. The highest BCUT2D eigenvalue weighted by atomic mass is 19.3. The maximum atomic E-state index is 12.4. The van der Waals surface area contributed by atoms with Crippen LogP contribution in [0, 0.1) is 6.92 Å². The third-order valence-corrected chi connectivity index (χ3v) is 3.07. The molecule has 1 amide bonds. The normalized spacial score (nSPS) is 11.0. The number of aryl methyl sites for hydroxylation is 1. The molecule has 0 aliphatic heterocycles. The van der Waals surface area contributed by atoms with E-state index in [1.807, 2.05) is 0 Å². The number of hydrogen-bond acceptors (Lipinski definition) is 4. The Hall–Kier alpha value is -3.03. The minimum atomic E-state index is -2.98. The van der Waals surface area contributed by atoms with Gasteiger partial charge in [-0.05, 0) is 30.7 Å². The molecule has 0 radical (unpaired) electrons. The summed E-state index contributed by atoms with van der Waals surface area (Å²) in [6, 6.07) is 7.71. The standard InChI is InChI=1S/C15H12F2N4O2/c1-9-3-4-12(23-15(16)17)10(7-9)19-14(22)11-8-13-18-5-2-6-21(13)20-11/h2-8,15H,1H3,(H,19,22). The van der Waals surface area contributed by atoms with Crippen LogP contribution < -0.4 is 10.1 Å². The van der Waals surface area contributed by atoms with Crippen LogP contribution in [-0.4, -0.2) is 27.1 Å². The van der Waals surface area contributed by atoms with Gasteiger partial charge in [0.2, 0.25) is 0 Å². The number of alkyl halides is 2. The number of hydrogen-bond donors (Lipinski definition) is 1. The first-order valence-corrected chi connectivity index (χ1v) is 6.70. The number of nitrogens with zero attached hydrogens (tertiary/aromatic N) is 3. The van der Waals surface area contributed by atoms with Gasteiger partial charge in [0.1, 0.15) is 5.75 Å². The van der Waals surface area contributed by atoms with E-state index >= 15 is 0 Å². The Morgan fingerprint density at radius 1 is 1.35 bits per heavy atom. The van der Waals surface area contributed by atoms with E-state index in [2.05, 4.69) is 20.1 Å². The molecule has 6 nitrogen and oxygen atoms in total. The molecule has 0 aliphatic carbocycles. The van der Waals surface area contributed by atoms with Crippen molar-refractivity contribution in [3.8, 4) is 5.75 Å². The third kappa shape index (κ3) is 3.25. The number of amides is 1. The number of fused-ring (bicyclic) bond motifs is 1. The molecule has 1 N–H and O–H groups in total. The average Bonchev–Trinajstić information content (AvgIpc) is 2.94. The minimum absolute atomic E-state index is 0.110. The zero-order chi connectivity index (χ0) is 16.4. The fourth-order valence-corrected chi connectivity index (χ4v) is 2.07. The van der Waals surface area contributed by atoms with E-state index in [0.29, 0.717) is 5.65 Å². The van der Waals surface area contributed by atoms with Crippen molar-refractivity contribution < 1.29 is 18.3 Å². The molecule has 0 fully saturated rings. The van der Waals surface area contributed by atoms with Crippen LogP contribution in [-0.2, 0) is 0 Å². The number of benzene rings is 1. The van der Waals surface area contributed by atoms with Crippen molar-refractivity contribution in [2.75, 3.05) is 5.32 Å². The molecular formula is C15H12F2N4O2. The van der Waals surface area contributed by atoms with Gasteiger partial charge in [-0.2, -0.15) is 13.9 Å². The Balaban J connectivity index is 1.88. The van der Waals surface area contributed by atoms with Gasteiger partial charge in [-0.1, -0.05) is 6.07 Å². The minimum Gasteiger partial charge on any atom is -0.433 e. The fourth-order valence-electron chi connectivity index (χ4n) is 2.07. The molecule has 0 saturated heterocycles. The molecule has 1 aromatic carbocycles. The SMILES string of the molecule is Cc1ccc(OC(F)F)c(NC(=O)c2cc3ncccn3n2)c1. The highest BCUT2D eigenvalue weighted by molar-refractivity contribution is 6.04. The first kappa shape index (κ1) is 14.9. The zero-order valence-electron chi connectivity index (χ0n) is 12.0. The number of halogens is 2. The van der Waals surface area contributed by atoms with Crippen LogP contribution in [0.15, 0.2) is 42.7 Å². The largest absolute Gasteiger partial charge is 0.433 e. The van der Waals surface area contributed by atoms with Crippen molar-refractivity contribution >= 4 is 17.2 Å². The molecule has 23 heavy (non-hydrogen) atoms. The smallest absolute Gasteiger partial charge is 0.387 e. The third-order valence-electron chi connectivity index (χ3n) is 3.07. The van der Waals surface area contributed by atoms with E-state index < -0.39 is 12.5 Å². The lowest BCUT2D eigenvalue weighted by molar-refractivity contribution is -0.0493. The quantitative estimate of drug-likeness (QED) is 0.803. The Morgan fingerprint density at radius 2 is 2.17 bits per heavy atom. The van der Waals surface area contributed by atoms with E-state index in [0.717, 1.165) is 5.56 Å². The molecular weight excluding hydrogens is 306 g/mol.